The highest BCUT2D eigenvalue weighted by Gasteiger charge is 2.31. The number of hydrogen-bond donors (Lipinski definition) is 1. The second kappa shape index (κ2) is 7.92. The molecule has 0 saturated carbocycles. The fraction of sp³-hybridized carbons (Fsp3) is 0.143. The van der Waals surface area contributed by atoms with Gasteiger partial charge in [0.15, 0.2) is 0 Å². The Morgan fingerprint density at radius 3 is 2.48 bits per heavy atom. The van der Waals surface area contributed by atoms with Crippen LogP contribution in [0, 0.1) is 6.92 Å². The number of carbonyl (C=O) groups excluding carboxylic acids is 1. The summed E-state index contributed by atoms with van der Waals surface area (Å²) in [6, 6.07) is 14.4. The maximum Gasteiger partial charge on any atom is 0.416 e. The van der Waals surface area contributed by atoms with E-state index in [4.69, 9.17) is 5.84 Å². The molecule has 1 heterocycles. The molecule has 29 heavy (non-hydrogen) atoms. The van der Waals surface area contributed by atoms with Crippen molar-refractivity contribution in [1.82, 2.24) is 4.57 Å². The molecule has 0 fully saturated rings. The molecular weight excluding hydrogens is 383 g/mol. The zero-order valence-corrected chi connectivity index (χ0v) is 15.5. The third kappa shape index (κ3) is 4.55. The third-order valence-corrected chi connectivity index (χ3v) is 4.36. The molecule has 0 unspecified atom stereocenters. The number of anilines is 1. The molecule has 0 spiro atoms. The SMILES string of the molecule is Cc1cccc(Cn2cccc(C(=O)N(N)c3cccc(C(F)(F)F)c3)c2=O)c1. The summed E-state index contributed by atoms with van der Waals surface area (Å²) < 4.78 is 40.1. The molecule has 1 amide bonds. The number of aryl methyl sites for hydroxylation is 1. The van der Waals surface area contributed by atoms with Gasteiger partial charge in [0.05, 0.1) is 17.8 Å². The van der Waals surface area contributed by atoms with Crippen LogP contribution in [0.2, 0.25) is 0 Å². The number of halogens is 3. The van der Waals surface area contributed by atoms with Crippen molar-refractivity contribution < 1.29 is 18.0 Å². The minimum Gasteiger partial charge on any atom is -0.310 e. The Bertz CT molecular complexity index is 1110. The van der Waals surface area contributed by atoms with E-state index in [1.54, 1.807) is 0 Å². The molecule has 2 N–H and O–H groups in total. The van der Waals surface area contributed by atoms with Gasteiger partial charge in [0.2, 0.25) is 0 Å². The Kier molecular flexibility index (Phi) is 5.56. The number of nitrogens with two attached hydrogens (primary N) is 1. The number of hydrazine groups is 1. The standard InChI is InChI=1S/C21H18F3N3O2/c1-14-5-2-6-15(11-14)13-26-10-4-9-18(19(26)28)20(29)27(25)17-8-3-7-16(12-17)21(22,23)24/h2-12H,13,25H2,1H3. The number of rotatable bonds is 4. The lowest BCUT2D eigenvalue weighted by Crippen LogP contribution is -2.41. The van der Waals surface area contributed by atoms with Crippen LogP contribution in [0.5, 0.6) is 0 Å². The minimum absolute atomic E-state index is 0.168. The number of amides is 1. The zero-order chi connectivity index (χ0) is 21.2. The van der Waals surface area contributed by atoms with Crippen LogP contribution in [0.4, 0.5) is 18.9 Å². The summed E-state index contributed by atoms with van der Waals surface area (Å²) in [5.74, 6) is 4.85. The molecule has 1 aromatic heterocycles. The highest BCUT2D eigenvalue weighted by molar-refractivity contribution is 6.05. The number of nitrogens with zero attached hydrogens (tertiary/aromatic N) is 2. The van der Waals surface area contributed by atoms with Crippen molar-refractivity contribution >= 4 is 11.6 Å². The third-order valence-electron chi connectivity index (χ3n) is 4.36. The van der Waals surface area contributed by atoms with Gasteiger partial charge in [-0.25, -0.2) is 10.9 Å². The van der Waals surface area contributed by atoms with E-state index >= 15 is 0 Å². The molecule has 0 aliphatic carbocycles. The van der Waals surface area contributed by atoms with Crippen molar-refractivity contribution in [3.8, 4) is 0 Å². The summed E-state index contributed by atoms with van der Waals surface area (Å²) in [5.41, 5.74) is -0.0254. The van der Waals surface area contributed by atoms with Crippen LogP contribution in [0.1, 0.15) is 27.0 Å². The molecule has 3 aromatic rings. The van der Waals surface area contributed by atoms with E-state index in [2.05, 4.69) is 0 Å². The van der Waals surface area contributed by atoms with Crippen LogP contribution in [0.15, 0.2) is 71.7 Å². The van der Waals surface area contributed by atoms with Crippen LogP contribution in [-0.4, -0.2) is 10.5 Å². The predicted octanol–water partition coefficient (Wildman–Crippen LogP) is 3.74. The summed E-state index contributed by atoms with van der Waals surface area (Å²) in [7, 11) is 0. The van der Waals surface area contributed by atoms with Gasteiger partial charge in [-0.2, -0.15) is 13.2 Å². The normalized spacial score (nSPS) is 11.3. The monoisotopic (exact) mass is 401 g/mol. The largest absolute Gasteiger partial charge is 0.416 e. The fourth-order valence-corrected chi connectivity index (χ4v) is 2.91. The van der Waals surface area contributed by atoms with Crippen molar-refractivity contribution in [2.75, 3.05) is 5.01 Å². The van der Waals surface area contributed by atoms with Crippen molar-refractivity contribution in [3.63, 3.8) is 0 Å². The van der Waals surface area contributed by atoms with E-state index in [0.717, 1.165) is 29.3 Å². The van der Waals surface area contributed by atoms with Crippen molar-refractivity contribution in [3.05, 3.63) is 99.5 Å². The van der Waals surface area contributed by atoms with Crippen molar-refractivity contribution in [2.45, 2.75) is 19.6 Å². The van der Waals surface area contributed by atoms with Crippen molar-refractivity contribution in [2.24, 2.45) is 5.84 Å². The van der Waals surface area contributed by atoms with Crippen LogP contribution >= 0.6 is 0 Å². The summed E-state index contributed by atoms with van der Waals surface area (Å²) in [5, 5.41) is 0.545. The average molecular weight is 401 g/mol. The highest BCUT2D eigenvalue weighted by Crippen LogP contribution is 2.31. The van der Waals surface area contributed by atoms with Crippen LogP contribution in [0.3, 0.4) is 0 Å². The molecule has 5 nitrogen and oxygen atoms in total. The van der Waals surface area contributed by atoms with Gasteiger partial charge in [-0.05, 0) is 42.8 Å². The quantitative estimate of drug-likeness (QED) is 0.411. The van der Waals surface area contributed by atoms with E-state index in [1.807, 2.05) is 31.2 Å². The Labute approximate surface area is 164 Å². The molecule has 0 saturated heterocycles. The minimum atomic E-state index is -4.58. The van der Waals surface area contributed by atoms with E-state index in [-0.39, 0.29) is 17.8 Å². The van der Waals surface area contributed by atoms with Crippen LogP contribution < -0.4 is 16.4 Å². The second-order valence-electron chi connectivity index (χ2n) is 6.57. The predicted molar refractivity (Wildman–Crippen MR) is 103 cm³/mol. The van der Waals surface area contributed by atoms with Gasteiger partial charge >= 0.3 is 6.18 Å². The van der Waals surface area contributed by atoms with E-state index in [9.17, 15) is 22.8 Å². The lowest BCUT2D eigenvalue weighted by molar-refractivity contribution is -0.137. The summed E-state index contributed by atoms with van der Waals surface area (Å²) in [6.07, 6.45) is -3.04. The highest BCUT2D eigenvalue weighted by atomic mass is 19.4. The van der Waals surface area contributed by atoms with Crippen molar-refractivity contribution in [1.29, 1.82) is 0 Å². The molecule has 0 aliphatic rings. The molecule has 150 valence electrons. The lowest BCUT2D eigenvalue weighted by atomic mass is 10.1. The number of carbonyl (C=O) groups is 1. The Morgan fingerprint density at radius 1 is 1.07 bits per heavy atom. The second-order valence-corrected chi connectivity index (χ2v) is 6.57. The number of aromatic nitrogens is 1. The number of alkyl halides is 3. The van der Waals surface area contributed by atoms with Gasteiger partial charge in [-0.1, -0.05) is 35.9 Å². The molecule has 2 aromatic carbocycles. The molecule has 0 aliphatic heterocycles. The zero-order valence-electron chi connectivity index (χ0n) is 15.5. The van der Waals surface area contributed by atoms with Crippen LogP contribution in [-0.2, 0) is 12.7 Å². The first-order chi connectivity index (χ1) is 13.7. The smallest absolute Gasteiger partial charge is 0.310 e. The number of benzene rings is 2. The van der Waals surface area contributed by atoms with Gasteiger partial charge in [-0.15, -0.1) is 0 Å². The first-order valence-corrected chi connectivity index (χ1v) is 8.68. The molecule has 0 atom stereocenters. The van der Waals surface area contributed by atoms with E-state index < -0.39 is 23.2 Å². The Morgan fingerprint density at radius 2 is 1.79 bits per heavy atom. The van der Waals surface area contributed by atoms with Gasteiger partial charge in [0, 0.05) is 6.20 Å². The maximum atomic E-state index is 12.9. The Hall–Kier alpha value is -3.39. The number of pyridine rings is 1. The summed E-state index contributed by atoms with van der Waals surface area (Å²) in [4.78, 5) is 25.4. The summed E-state index contributed by atoms with van der Waals surface area (Å²) >= 11 is 0. The molecule has 0 bridgehead atoms. The first-order valence-electron chi connectivity index (χ1n) is 8.68. The Balaban J connectivity index is 1.91. The molecular formula is C21H18F3N3O2. The maximum absolute atomic E-state index is 12.9. The molecule has 8 heteroatoms. The number of hydrogen-bond acceptors (Lipinski definition) is 3. The first kappa shape index (κ1) is 20.3. The molecule has 0 radical (unpaired) electrons. The van der Waals surface area contributed by atoms with Crippen LogP contribution in [0.25, 0.3) is 0 Å². The van der Waals surface area contributed by atoms with Gasteiger partial charge in [-0.3, -0.25) is 9.59 Å². The van der Waals surface area contributed by atoms with Gasteiger partial charge in [0.25, 0.3) is 11.5 Å². The lowest BCUT2D eigenvalue weighted by Gasteiger charge is -2.18. The fourth-order valence-electron chi connectivity index (χ4n) is 2.91. The summed E-state index contributed by atoms with van der Waals surface area (Å²) in [6.45, 7) is 2.17. The van der Waals surface area contributed by atoms with Gasteiger partial charge < -0.3 is 4.57 Å². The van der Waals surface area contributed by atoms with E-state index in [1.165, 1.54) is 29.0 Å². The molecule has 3 rings (SSSR count). The average Bonchev–Trinajstić information content (AvgIpc) is 2.68. The van der Waals surface area contributed by atoms with Gasteiger partial charge in [0.1, 0.15) is 5.56 Å². The van der Waals surface area contributed by atoms with E-state index in [0.29, 0.717) is 5.01 Å². The topological polar surface area (TPSA) is 68.3 Å².